The number of carbonyl (C=O) groups excluding carboxylic acids is 1. The van der Waals surface area contributed by atoms with Crippen molar-refractivity contribution in [1.29, 1.82) is 0 Å². The number of rotatable bonds is 2. The first-order chi connectivity index (χ1) is 8.59. The normalized spacial score (nSPS) is 18.4. The van der Waals surface area contributed by atoms with E-state index in [0.717, 1.165) is 5.56 Å². The first-order valence-electron chi connectivity index (χ1n) is 6.16. The summed E-state index contributed by atoms with van der Waals surface area (Å²) in [5.74, 6) is 0. The fraction of sp³-hybridized carbons (Fsp3) is 0.500. The van der Waals surface area contributed by atoms with Gasteiger partial charge < -0.3 is 9.47 Å². The molecule has 0 N–H and O–H groups in total. The maximum atomic E-state index is 12.0. The summed E-state index contributed by atoms with van der Waals surface area (Å²) >= 11 is 0. The molecule has 1 aliphatic heterocycles. The summed E-state index contributed by atoms with van der Waals surface area (Å²) < 4.78 is 10.7. The average Bonchev–Trinajstić information content (AvgIpc) is 2.37. The molecule has 0 aliphatic carbocycles. The zero-order valence-corrected chi connectivity index (χ0v) is 10.9. The molecule has 0 unspecified atom stereocenters. The molecule has 0 aromatic heterocycles. The molecule has 1 fully saturated rings. The lowest BCUT2D eigenvalue weighted by Gasteiger charge is -2.41. The van der Waals surface area contributed by atoms with E-state index in [1.807, 2.05) is 44.2 Å². The Bertz CT molecular complexity index is 403. The number of hydrogen-bond acceptors (Lipinski definition) is 3. The Kier molecular flexibility index (Phi) is 3.87. The molecule has 1 aromatic rings. The van der Waals surface area contributed by atoms with Crippen LogP contribution in [0, 0.1) is 0 Å². The molecule has 0 bridgehead atoms. The van der Waals surface area contributed by atoms with Crippen LogP contribution in [-0.4, -0.2) is 36.3 Å². The zero-order chi connectivity index (χ0) is 13.0. The Morgan fingerprint density at radius 2 is 2.11 bits per heavy atom. The number of ether oxygens (including phenoxy) is 2. The predicted molar refractivity (Wildman–Crippen MR) is 68.2 cm³/mol. The molecule has 1 saturated heterocycles. The predicted octanol–water partition coefficient (Wildman–Crippen LogP) is 2.43. The van der Waals surface area contributed by atoms with Gasteiger partial charge in [-0.3, -0.25) is 4.90 Å². The van der Waals surface area contributed by atoms with Crippen LogP contribution in [0.15, 0.2) is 30.3 Å². The minimum absolute atomic E-state index is 0.271. The van der Waals surface area contributed by atoms with Crippen LogP contribution in [-0.2, 0) is 16.1 Å². The third-order valence-corrected chi connectivity index (χ3v) is 3.07. The van der Waals surface area contributed by atoms with Crippen LogP contribution in [0.2, 0.25) is 0 Å². The standard InChI is InChI=1S/C14H19NO3/c1-14(2)11-17-9-8-15(14)13(16)18-10-12-6-4-3-5-7-12/h3-7H,8-11H2,1-2H3. The zero-order valence-electron chi connectivity index (χ0n) is 10.9. The Hall–Kier alpha value is -1.55. The minimum Gasteiger partial charge on any atom is -0.445 e. The topological polar surface area (TPSA) is 38.8 Å². The van der Waals surface area contributed by atoms with Gasteiger partial charge >= 0.3 is 6.09 Å². The molecule has 2 rings (SSSR count). The summed E-state index contributed by atoms with van der Waals surface area (Å²) in [6.07, 6.45) is -0.271. The Morgan fingerprint density at radius 1 is 1.39 bits per heavy atom. The number of amides is 1. The number of carbonyl (C=O) groups is 1. The van der Waals surface area contributed by atoms with E-state index in [0.29, 0.717) is 26.4 Å². The third-order valence-electron chi connectivity index (χ3n) is 3.07. The van der Waals surface area contributed by atoms with Crippen molar-refractivity contribution in [2.45, 2.75) is 26.0 Å². The van der Waals surface area contributed by atoms with E-state index in [4.69, 9.17) is 9.47 Å². The van der Waals surface area contributed by atoms with Gasteiger partial charge in [0.15, 0.2) is 0 Å². The molecule has 4 nitrogen and oxygen atoms in total. The maximum Gasteiger partial charge on any atom is 0.410 e. The van der Waals surface area contributed by atoms with E-state index in [9.17, 15) is 4.79 Å². The van der Waals surface area contributed by atoms with E-state index < -0.39 is 0 Å². The van der Waals surface area contributed by atoms with Gasteiger partial charge in [-0.1, -0.05) is 30.3 Å². The highest BCUT2D eigenvalue weighted by Crippen LogP contribution is 2.20. The maximum absolute atomic E-state index is 12.0. The summed E-state index contributed by atoms with van der Waals surface area (Å²) in [6, 6.07) is 9.69. The molecule has 98 valence electrons. The van der Waals surface area contributed by atoms with Crippen molar-refractivity contribution in [3.8, 4) is 0 Å². The van der Waals surface area contributed by atoms with Gasteiger partial charge in [0.1, 0.15) is 6.61 Å². The lowest BCUT2D eigenvalue weighted by Crippen LogP contribution is -2.55. The van der Waals surface area contributed by atoms with Crippen LogP contribution in [0.4, 0.5) is 4.79 Å². The SMILES string of the molecule is CC1(C)COCCN1C(=O)OCc1ccccc1. The van der Waals surface area contributed by atoms with Crippen molar-refractivity contribution in [2.24, 2.45) is 0 Å². The van der Waals surface area contributed by atoms with E-state index in [-0.39, 0.29) is 11.6 Å². The highest BCUT2D eigenvalue weighted by molar-refractivity contribution is 5.68. The van der Waals surface area contributed by atoms with E-state index >= 15 is 0 Å². The molecule has 1 aliphatic rings. The summed E-state index contributed by atoms with van der Waals surface area (Å²) in [5.41, 5.74) is 0.698. The highest BCUT2D eigenvalue weighted by atomic mass is 16.6. The fourth-order valence-electron chi connectivity index (χ4n) is 1.99. The monoisotopic (exact) mass is 249 g/mol. The number of nitrogens with zero attached hydrogens (tertiary/aromatic N) is 1. The molecule has 0 spiro atoms. The van der Waals surface area contributed by atoms with Gasteiger partial charge in [-0.25, -0.2) is 4.79 Å². The fourth-order valence-corrected chi connectivity index (χ4v) is 1.99. The van der Waals surface area contributed by atoms with Crippen molar-refractivity contribution in [2.75, 3.05) is 19.8 Å². The lowest BCUT2D eigenvalue weighted by molar-refractivity contribution is -0.0469. The van der Waals surface area contributed by atoms with Gasteiger partial charge in [-0.15, -0.1) is 0 Å². The molecule has 0 saturated carbocycles. The van der Waals surface area contributed by atoms with E-state index in [1.165, 1.54) is 0 Å². The van der Waals surface area contributed by atoms with Gasteiger partial charge in [-0.05, 0) is 19.4 Å². The molecule has 1 heterocycles. The molecule has 0 radical (unpaired) electrons. The molecule has 1 amide bonds. The molecular weight excluding hydrogens is 230 g/mol. The Labute approximate surface area is 107 Å². The average molecular weight is 249 g/mol. The largest absolute Gasteiger partial charge is 0.445 e. The van der Waals surface area contributed by atoms with Crippen molar-refractivity contribution >= 4 is 6.09 Å². The van der Waals surface area contributed by atoms with Crippen LogP contribution in [0.25, 0.3) is 0 Å². The lowest BCUT2D eigenvalue weighted by atomic mass is 10.0. The van der Waals surface area contributed by atoms with E-state index in [2.05, 4.69) is 0 Å². The molecule has 1 aromatic carbocycles. The first-order valence-corrected chi connectivity index (χ1v) is 6.16. The van der Waals surface area contributed by atoms with Crippen LogP contribution < -0.4 is 0 Å². The van der Waals surface area contributed by atoms with Crippen LogP contribution >= 0.6 is 0 Å². The second-order valence-corrected chi connectivity index (χ2v) is 5.06. The van der Waals surface area contributed by atoms with Gasteiger partial charge in [0.05, 0.1) is 18.8 Å². The van der Waals surface area contributed by atoms with E-state index in [1.54, 1.807) is 4.90 Å². The van der Waals surface area contributed by atoms with Crippen LogP contribution in [0.5, 0.6) is 0 Å². The van der Waals surface area contributed by atoms with Crippen molar-refractivity contribution < 1.29 is 14.3 Å². The number of morpholine rings is 1. The van der Waals surface area contributed by atoms with Gasteiger partial charge in [0.25, 0.3) is 0 Å². The summed E-state index contributed by atoms with van der Waals surface area (Å²) in [4.78, 5) is 13.8. The third kappa shape index (κ3) is 3.01. The van der Waals surface area contributed by atoms with Crippen LogP contribution in [0.3, 0.4) is 0 Å². The first kappa shape index (κ1) is 12.9. The van der Waals surface area contributed by atoms with Crippen LogP contribution in [0.1, 0.15) is 19.4 Å². The molecular formula is C14H19NO3. The van der Waals surface area contributed by atoms with Gasteiger partial charge in [0.2, 0.25) is 0 Å². The summed E-state index contributed by atoms with van der Waals surface area (Å²) in [5, 5.41) is 0. The minimum atomic E-state index is -0.300. The van der Waals surface area contributed by atoms with Crippen molar-refractivity contribution in [3.05, 3.63) is 35.9 Å². The Balaban J connectivity index is 1.91. The molecule has 18 heavy (non-hydrogen) atoms. The number of benzene rings is 1. The van der Waals surface area contributed by atoms with Gasteiger partial charge in [-0.2, -0.15) is 0 Å². The number of hydrogen-bond donors (Lipinski definition) is 0. The van der Waals surface area contributed by atoms with Crippen molar-refractivity contribution in [1.82, 2.24) is 4.90 Å². The van der Waals surface area contributed by atoms with Crippen molar-refractivity contribution in [3.63, 3.8) is 0 Å². The molecule has 4 heteroatoms. The smallest absolute Gasteiger partial charge is 0.410 e. The van der Waals surface area contributed by atoms with Gasteiger partial charge in [0, 0.05) is 6.54 Å². The molecule has 0 atom stereocenters. The highest BCUT2D eigenvalue weighted by Gasteiger charge is 2.35. The summed E-state index contributed by atoms with van der Waals surface area (Å²) in [6.45, 7) is 5.98. The second kappa shape index (κ2) is 5.40. The summed E-state index contributed by atoms with van der Waals surface area (Å²) in [7, 11) is 0. The Morgan fingerprint density at radius 3 is 2.78 bits per heavy atom. The quantitative estimate of drug-likeness (QED) is 0.808. The second-order valence-electron chi connectivity index (χ2n) is 5.06.